The molecule has 0 bridgehead atoms. The van der Waals surface area contributed by atoms with Crippen LogP contribution in [0.1, 0.15) is 35.6 Å². The van der Waals surface area contributed by atoms with E-state index < -0.39 is 28.5 Å². The molecule has 3 aromatic carbocycles. The lowest BCUT2D eigenvalue weighted by atomic mass is 10.0. The van der Waals surface area contributed by atoms with Gasteiger partial charge in [0.25, 0.3) is 0 Å². The molecule has 0 saturated carbocycles. The van der Waals surface area contributed by atoms with Gasteiger partial charge in [0, 0.05) is 35.1 Å². The zero-order valence-corrected chi connectivity index (χ0v) is 25.5. The second-order valence-electron chi connectivity index (χ2n) is 9.73. The fourth-order valence-corrected chi connectivity index (χ4v) is 6.03. The molecule has 0 fully saturated rings. The number of carbonyl (C=O) groups is 2. The molecule has 0 radical (unpaired) electrons. The molecule has 0 aromatic heterocycles. The Bertz CT molecular complexity index is 1410. The lowest BCUT2D eigenvalue weighted by Crippen LogP contribution is -2.53. The summed E-state index contributed by atoms with van der Waals surface area (Å²) in [6, 6.07) is 18.8. The van der Waals surface area contributed by atoms with Gasteiger partial charge in [0.2, 0.25) is 21.8 Å². The summed E-state index contributed by atoms with van der Waals surface area (Å²) in [5.74, 6) is -0.906. The van der Waals surface area contributed by atoms with E-state index in [-0.39, 0.29) is 18.9 Å². The van der Waals surface area contributed by atoms with Crippen LogP contribution in [0, 0.1) is 13.8 Å². The van der Waals surface area contributed by atoms with Crippen molar-refractivity contribution in [2.45, 2.75) is 46.2 Å². The van der Waals surface area contributed by atoms with Gasteiger partial charge >= 0.3 is 0 Å². The van der Waals surface area contributed by atoms with Crippen LogP contribution in [0.5, 0.6) is 0 Å². The summed E-state index contributed by atoms with van der Waals surface area (Å²) >= 11 is 13.0. The Morgan fingerprint density at radius 1 is 0.900 bits per heavy atom. The number of rotatable bonds is 12. The molecule has 7 nitrogen and oxygen atoms in total. The number of benzene rings is 3. The second kappa shape index (κ2) is 14.0. The van der Waals surface area contributed by atoms with Crippen molar-refractivity contribution in [1.82, 2.24) is 10.2 Å². The zero-order chi connectivity index (χ0) is 29.4. The number of carbonyl (C=O) groups excluding carboxylic acids is 2. The average Bonchev–Trinajstić information content (AvgIpc) is 2.90. The summed E-state index contributed by atoms with van der Waals surface area (Å²) in [7, 11) is -3.87. The van der Waals surface area contributed by atoms with E-state index in [1.807, 2.05) is 43.3 Å². The van der Waals surface area contributed by atoms with Crippen LogP contribution in [0.4, 0.5) is 5.69 Å². The third-order valence-corrected chi connectivity index (χ3v) is 8.40. The molecular weight excluding hydrogens is 569 g/mol. The maximum absolute atomic E-state index is 14.2. The zero-order valence-electron chi connectivity index (χ0n) is 23.2. The second-order valence-corrected chi connectivity index (χ2v) is 12.4. The Kier molecular flexibility index (Phi) is 11.0. The van der Waals surface area contributed by atoms with E-state index in [0.29, 0.717) is 45.4 Å². The predicted octanol–water partition coefficient (Wildman–Crippen LogP) is 5.54. The van der Waals surface area contributed by atoms with Crippen LogP contribution in [0.3, 0.4) is 0 Å². The van der Waals surface area contributed by atoms with E-state index in [1.165, 1.54) is 4.90 Å². The summed E-state index contributed by atoms with van der Waals surface area (Å²) < 4.78 is 27.2. The van der Waals surface area contributed by atoms with Crippen LogP contribution in [-0.2, 0) is 32.6 Å². The molecule has 0 spiro atoms. The highest BCUT2D eigenvalue weighted by molar-refractivity contribution is 7.92. The van der Waals surface area contributed by atoms with Crippen LogP contribution in [0.25, 0.3) is 0 Å². The van der Waals surface area contributed by atoms with Gasteiger partial charge in [0.05, 0.1) is 11.9 Å². The summed E-state index contributed by atoms with van der Waals surface area (Å²) in [5.41, 5.74) is 3.17. The summed E-state index contributed by atoms with van der Waals surface area (Å²) in [6.45, 7) is 5.37. The Hall–Kier alpha value is -3.07. The first-order valence-electron chi connectivity index (χ1n) is 13.0. The molecule has 1 N–H and O–H groups in total. The number of para-hydroxylation sites is 1. The molecule has 3 aromatic rings. The molecule has 0 aliphatic carbocycles. The number of nitrogens with zero attached hydrogens (tertiary/aromatic N) is 2. The van der Waals surface area contributed by atoms with Gasteiger partial charge in [-0.25, -0.2) is 8.42 Å². The summed E-state index contributed by atoms with van der Waals surface area (Å²) in [6.07, 6.45) is 1.99. The van der Waals surface area contributed by atoms with Crippen LogP contribution < -0.4 is 9.62 Å². The molecule has 3 rings (SSSR count). The van der Waals surface area contributed by atoms with Crippen molar-refractivity contribution in [2.24, 2.45) is 0 Å². The van der Waals surface area contributed by atoms with Crippen LogP contribution in [0.15, 0.2) is 66.7 Å². The molecular formula is C30H35Cl2N3O4S. The molecule has 214 valence electrons. The molecule has 10 heteroatoms. The van der Waals surface area contributed by atoms with Crippen LogP contribution >= 0.6 is 23.2 Å². The highest BCUT2D eigenvalue weighted by Crippen LogP contribution is 2.29. The normalized spacial score (nSPS) is 12.1. The Labute approximate surface area is 247 Å². The molecule has 0 saturated heterocycles. The summed E-state index contributed by atoms with van der Waals surface area (Å²) in [5, 5.41) is 3.59. The van der Waals surface area contributed by atoms with E-state index in [2.05, 4.69) is 5.32 Å². The quantitative estimate of drug-likeness (QED) is 0.294. The molecule has 2 amide bonds. The largest absolute Gasteiger partial charge is 0.354 e. The Morgan fingerprint density at radius 2 is 1.48 bits per heavy atom. The van der Waals surface area contributed by atoms with Crippen molar-refractivity contribution in [3.63, 3.8) is 0 Å². The van der Waals surface area contributed by atoms with E-state index in [0.717, 1.165) is 16.1 Å². The molecule has 0 aliphatic rings. The predicted molar refractivity (Wildman–Crippen MR) is 162 cm³/mol. The Balaban J connectivity index is 2.12. The Morgan fingerprint density at radius 3 is 2.02 bits per heavy atom. The van der Waals surface area contributed by atoms with Gasteiger partial charge < -0.3 is 10.2 Å². The number of aryl methyl sites for hydroxylation is 2. The number of nitrogens with one attached hydrogen (secondary N) is 1. The minimum Gasteiger partial charge on any atom is -0.354 e. The number of hydrogen-bond acceptors (Lipinski definition) is 4. The number of halogens is 2. The van der Waals surface area contributed by atoms with E-state index >= 15 is 0 Å². The molecule has 0 heterocycles. The van der Waals surface area contributed by atoms with Gasteiger partial charge in [-0.3, -0.25) is 13.9 Å². The topological polar surface area (TPSA) is 86.8 Å². The third-order valence-electron chi connectivity index (χ3n) is 6.58. The first kappa shape index (κ1) is 31.5. The molecule has 40 heavy (non-hydrogen) atoms. The van der Waals surface area contributed by atoms with Crippen molar-refractivity contribution >= 4 is 50.7 Å². The number of amides is 2. The van der Waals surface area contributed by atoms with Crippen LogP contribution in [-0.4, -0.2) is 50.5 Å². The van der Waals surface area contributed by atoms with Crippen LogP contribution in [0.2, 0.25) is 10.0 Å². The van der Waals surface area contributed by atoms with Gasteiger partial charge in [-0.1, -0.05) is 84.7 Å². The summed E-state index contributed by atoms with van der Waals surface area (Å²) in [4.78, 5) is 29.1. The fraction of sp³-hybridized carbons (Fsp3) is 0.333. The number of anilines is 1. The highest BCUT2D eigenvalue weighted by Gasteiger charge is 2.34. The standard InChI is InChI=1S/C30H35Cl2N3O4S/c1-5-17-33-30(37)27(18-23-13-7-6-8-14-23)34(19-24-25(31)15-10-16-26(24)32)28(36)20-35(40(4,38)39)29-21(2)11-9-12-22(29)3/h6-16,27H,5,17-20H2,1-4H3,(H,33,37)/t27-/m0/s1. The fourth-order valence-electron chi connectivity index (χ4n) is 4.55. The van der Waals surface area contributed by atoms with Crippen molar-refractivity contribution in [3.05, 3.63) is 99.0 Å². The van der Waals surface area contributed by atoms with E-state index in [1.54, 1.807) is 44.2 Å². The SMILES string of the molecule is CCCNC(=O)[C@H](Cc1ccccc1)N(Cc1c(Cl)cccc1Cl)C(=O)CN(c1c(C)cccc1C)S(C)(=O)=O. The van der Waals surface area contributed by atoms with Gasteiger partial charge in [-0.15, -0.1) is 0 Å². The minimum atomic E-state index is -3.87. The van der Waals surface area contributed by atoms with Gasteiger partial charge in [-0.05, 0) is 49.1 Å². The number of hydrogen-bond donors (Lipinski definition) is 1. The van der Waals surface area contributed by atoms with Gasteiger partial charge in [0.15, 0.2) is 0 Å². The van der Waals surface area contributed by atoms with Gasteiger partial charge in [0.1, 0.15) is 12.6 Å². The lowest BCUT2D eigenvalue weighted by Gasteiger charge is -2.34. The molecule has 0 unspecified atom stereocenters. The minimum absolute atomic E-state index is 0.0846. The monoisotopic (exact) mass is 603 g/mol. The first-order chi connectivity index (χ1) is 18.9. The van der Waals surface area contributed by atoms with E-state index in [4.69, 9.17) is 23.2 Å². The maximum atomic E-state index is 14.2. The molecule has 1 atom stereocenters. The highest BCUT2D eigenvalue weighted by atomic mass is 35.5. The van der Waals surface area contributed by atoms with E-state index in [9.17, 15) is 18.0 Å². The van der Waals surface area contributed by atoms with Crippen molar-refractivity contribution in [3.8, 4) is 0 Å². The third kappa shape index (κ3) is 7.99. The van der Waals surface area contributed by atoms with Gasteiger partial charge in [-0.2, -0.15) is 0 Å². The van der Waals surface area contributed by atoms with Crippen molar-refractivity contribution in [1.29, 1.82) is 0 Å². The average molecular weight is 605 g/mol. The maximum Gasteiger partial charge on any atom is 0.244 e. The van der Waals surface area contributed by atoms with Crippen molar-refractivity contribution < 1.29 is 18.0 Å². The van der Waals surface area contributed by atoms with Crippen molar-refractivity contribution in [2.75, 3.05) is 23.7 Å². The smallest absolute Gasteiger partial charge is 0.244 e. The first-order valence-corrected chi connectivity index (χ1v) is 15.6. The molecule has 0 aliphatic heterocycles. The number of sulfonamides is 1. The lowest BCUT2D eigenvalue weighted by molar-refractivity contribution is -0.140.